The van der Waals surface area contributed by atoms with Gasteiger partial charge in [-0.3, -0.25) is 9.48 Å². The summed E-state index contributed by atoms with van der Waals surface area (Å²) in [5.41, 5.74) is 0. The second kappa shape index (κ2) is 6.78. The second-order valence-electron chi connectivity index (χ2n) is 3.01. The molecule has 0 aliphatic carbocycles. The molecular weight excluding hydrogens is 309 g/mol. The molecule has 1 amide bonds. The Morgan fingerprint density at radius 2 is 2.53 bits per heavy atom. The number of hydrogen-bond acceptors (Lipinski definition) is 3. The van der Waals surface area contributed by atoms with Crippen molar-refractivity contribution in [2.24, 2.45) is 0 Å². The molecule has 0 spiro atoms. The zero-order valence-corrected chi connectivity index (χ0v) is 10.7. The number of ether oxygens (including phenoxy) is 1. The molecule has 0 aromatic carbocycles. The van der Waals surface area contributed by atoms with Gasteiger partial charge in [0, 0.05) is 32.8 Å². The van der Waals surface area contributed by atoms with Gasteiger partial charge in [0.05, 0.1) is 16.4 Å². The van der Waals surface area contributed by atoms with Gasteiger partial charge in [-0.1, -0.05) is 0 Å². The minimum absolute atomic E-state index is 0.0255. The number of rotatable bonds is 6. The summed E-state index contributed by atoms with van der Waals surface area (Å²) in [7, 11) is 1.61. The molecular formula is C9H14IN3O2. The largest absolute Gasteiger partial charge is 0.383 e. The maximum atomic E-state index is 11.3. The van der Waals surface area contributed by atoms with Crippen LogP contribution in [0.15, 0.2) is 12.4 Å². The number of hydrogen-bond donors (Lipinski definition) is 1. The highest BCUT2D eigenvalue weighted by Crippen LogP contribution is 2.01. The van der Waals surface area contributed by atoms with E-state index < -0.39 is 0 Å². The molecule has 0 unspecified atom stereocenters. The Bertz CT molecular complexity index is 314. The summed E-state index contributed by atoms with van der Waals surface area (Å²) in [5.74, 6) is 0.0255. The Morgan fingerprint density at radius 1 is 1.73 bits per heavy atom. The van der Waals surface area contributed by atoms with Crippen LogP contribution in [0.5, 0.6) is 0 Å². The van der Waals surface area contributed by atoms with Gasteiger partial charge in [-0.25, -0.2) is 0 Å². The third kappa shape index (κ3) is 5.12. The van der Waals surface area contributed by atoms with Gasteiger partial charge >= 0.3 is 0 Å². The van der Waals surface area contributed by atoms with Crippen LogP contribution in [0.3, 0.4) is 0 Å². The minimum Gasteiger partial charge on any atom is -0.383 e. The maximum Gasteiger partial charge on any atom is 0.221 e. The van der Waals surface area contributed by atoms with Gasteiger partial charge in [-0.2, -0.15) is 5.10 Å². The number of aryl methyl sites for hydroxylation is 1. The SMILES string of the molecule is COCCNC(=O)CCn1cc(I)cn1. The van der Waals surface area contributed by atoms with E-state index in [1.807, 2.05) is 6.20 Å². The molecule has 15 heavy (non-hydrogen) atoms. The van der Waals surface area contributed by atoms with Gasteiger partial charge in [0.2, 0.25) is 5.91 Å². The normalized spacial score (nSPS) is 10.3. The molecule has 0 saturated heterocycles. The fraction of sp³-hybridized carbons (Fsp3) is 0.556. The standard InChI is InChI=1S/C9H14IN3O2/c1-15-5-3-11-9(14)2-4-13-7-8(10)6-12-13/h6-7H,2-5H2,1H3,(H,11,14). The van der Waals surface area contributed by atoms with Gasteiger partial charge in [0.1, 0.15) is 0 Å². The summed E-state index contributed by atoms with van der Waals surface area (Å²) >= 11 is 2.18. The van der Waals surface area contributed by atoms with Crippen LogP contribution in [-0.2, 0) is 16.1 Å². The number of carbonyl (C=O) groups excluding carboxylic acids is 1. The highest BCUT2D eigenvalue weighted by atomic mass is 127. The number of halogens is 1. The first-order valence-electron chi connectivity index (χ1n) is 4.66. The van der Waals surface area contributed by atoms with Crippen molar-refractivity contribution in [2.45, 2.75) is 13.0 Å². The minimum atomic E-state index is 0.0255. The van der Waals surface area contributed by atoms with E-state index in [0.717, 1.165) is 3.57 Å². The molecule has 1 aromatic heterocycles. The quantitative estimate of drug-likeness (QED) is 0.617. The fourth-order valence-electron chi connectivity index (χ4n) is 1.06. The lowest BCUT2D eigenvalue weighted by Gasteiger charge is -2.04. The molecule has 1 aromatic rings. The van der Waals surface area contributed by atoms with Crippen LogP contribution < -0.4 is 5.32 Å². The fourth-order valence-corrected chi connectivity index (χ4v) is 1.50. The smallest absolute Gasteiger partial charge is 0.221 e. The van der Waals surface area contributed by atoms with Crippen molar-refractivity contribution in [3.8, 4) is 0 Å². The average Bonchev–Trinajstić information content (AvgIpc) is 2.62. The van der Waals surface area contributed by atoms with Crippen LogP contribution >= 0.6 is 22.6 Å². The van der Waals surface area contributed by atoms with Crippen molar-refractivity contribution in [1.29, 1.82) is 0 Å². The lowest BCUT2D eigenvalue weighted by molar-refractivity contribution is -0.121. The van der Waals surface area contributed by atoms with Gasteiger partial charge in [0.15, 0.2) is 0 Å². The van der Waals surface area contributed by atoms with Crippen LogP contribution in [0.2, 0.25) is 0 Å². The summed E-state index contributed by atoms with van der Waals surface area (Å²) in [6.45, 7) is 1.72. The summed E-state index contributed by atoms with van der Waals surface area (Å²) < 4.78 is 7.66. The highest BCUT2D eigenvalue weighted by molar-refractivity contribution is 14.1. The Balaban J connectivity index is 2.16. The van der Waals surface area contributed by atoms with E-state index >= 15 is 0 Å². The number of methoxy groups -OCH3 is 1. The lowest BCUT2D eigenvalue weighted by Crippen LogP contribution is -2.27. The number of aromatic nitrogens is 2. The highest BCUT2D eigenvalue weighted by Gasteiger charge is 2.01. The molecule has 84 valence electrons. The van der Waals surface area contributed by atoms with E-state index in [1.54, 1.807) is 18.0 Å². The average molecular weight is 323 g/mol. The lowest BCUT2D eigenvalue weighted by atomic mass is 10.4. The zero-order chi connectivity index (χ0) is 11.1. The Labute approximate surface area is 102 Å². The number of carbonyl (C=O) groups is 1. The predicted octanol–water partition coefficient (Wildman–Crippen LogP) is 0.640. The van der Waals surface area contributed by atoms with Crippen molar-refractivity contribution in [2.75, 3.05) is 20.3 Å². The zero-order valence-electron chi connectivity index (χ0n) is 8.57. The van der Waals surface area contributed by atoms with Crippen molar-refractivity contribution in [3.05, 3.63) is 16.0 Å². The molecule has 5 nitrogen and oxygen atoms in total. The second-order valence-corrected chi connectivity index (χ2v) is 4.26. The molecule has 0 atom stereocenters. The number of amides is 1. The van der Waals surface area contributed by atoms with Gasteiger partial charge in [-0.15, -0.1) is 0 Å². The van der Waals surface area contributed by atoms with Crippen molar-refractivity contribution < 1.29 is 9.53 Å². The van der Waals surface area contributed by atoms with Gasteiger partial charge in [0.25, 0.3) is 0 Å². The molecule has 0 aliphatic rings. The first-order valence-corrected chi connectivity index (χ1v) is 5.74. The van der Waals surface area contributed by atoms with E-state index in [-0.39, 0.29) is 5.91 Å². The van der Waals surface area contributed by atoms with Crippen LogP contribution in [0.1, 0.15) is 6.42 Å². The maximum absolute atomic E-state index is 11.3. The molecule has 1 heterocycles. The molecule has 0 fully saturated rings. The van der Waals surface area contributed by atoms with E-state index in [4.69, 9.17) is 4.74 Å². The molecule has 0 radical (unpaired) electrons. The molecule has 1 rings (SSSR count). The third-order valence-electron chi connectivity index (χ3n) is 1.80. The number of nitrogens with one attached hydrogen (secondary N) is 1. The van der Waals surface area contributed by atoms with Gasteiger partial charge < -0.3 is 10.1 Å². The third-order valence-corrected chi connectivity index (χ3v) is 2.36. The Kier molecular flexibility index (Phi) is 5.62. The Morgan fingerprint density at radius 3 is 3.13 bits per heavy atom. The summed E-state index contributed by atoms with van der Waals surface area (Å²) in [6, 6.07) is 0. The van der Waals surface area contributed by atoms with Gasteiger partial charge in [-0.05, 0) is 22.6 Å². The topological polar surface area (TPSA) is 56.1 Å². The first-order chi connectivity index (χ1) is 7.22. The Hall–Kier alpha value is -0.630. The van der Waals surface area contributed by atoms with Crippen molar-refractivity contribution in [3.63, 3.8) is 0 Å². The first kappa shape index (κ1) is 12.4. The molecule has 0 saturated carbocycles. The summed E-state index contributed by atoms with van der Waals surface area (Å²) in [4.78, 5) is 11.3. The van der Waals surface area contributed by atoms with Crippen molar-refractivity contribution >= 4 is 28.5 Å². The van der Waals surface area contributed by atoms with E-state index in [2.05, 4.69) is 33.0 Å². The molecule has 0 aliphatic heterocycles. The summed E-state index contributed by atoms with van der Waals surface area (Å²) in [6.07, 6.45) is 4.12. The van der Waals surface area contributed by atoms with E-state index in [9.17, 15) is 4.79 Å². The predicted molar refractivity (Wildman–Crippen MR) is 64.4 cm³/mol. The molecule has 1 N–H and O–H groups in total. The number of nitrogens with zero attached hydrogens (tertiary/aromatic N) is 2. The molecule has 6 heteroatoms. The van der Waals surface area contributed by atoms with E-state index in [1.165, 1.54) is 0 Å². The van der Waals surface area contributed by atoms with E-state index in [0.29, 0.717) is 26.1 Å². The van der Waals surface area contributed by atoms with Crippen LogP contribution in [0.25, 0.3) is 0 Å². The monoisotopic (exact) mass is 323 g/mol. The van der Waals surface area contributed by atoms with Crippen LogP contribution in [-0.4, -0.2) is 35.9 Å². The summed E-state index contributed by atoms with van der Waals surface area (Å²) in [5, 5.41) is 6.84. The van der Waals surface area contributed by atoms with Crippen molar-refractivity contribution in [1.82, 2.24) is 15.1 Å². The van der Waals surface area contributed by atoms with Crippen LogP contribution in [0.4, 0.5) is 0 Å². The van der Waals surface area contributed by atoms with Crippen LogP contribution in [0, 0.1) is 3.57 Å². The molecule has 0 bridgehead atoms.